The highest BCUT2D eigenvalue weighted by Gasteiger charge is 2.01. The van der Waals surface area contributed by atoms with E-state index >= 15 is 0 Å². The molecule has 0 bridgehead atoms. The third-order valence-corrected chi connectivity index (χ3v) is 2.12. The molecule has 0 saturated carbocycles. The van der Waals surface area contributed by atoms with Gasteiger partial charge in [0.2, 0.25) is 0 Å². The molecule has 0 atom stereocenters. The van der Waals surface area contributed by atoms with Crippen LogP contribution in [0, 0.1) is 0 Å². The van der Waals surface area contributed by atoms with Gasteiger partial charge in [0.15, 0.2) is 0 Å². The normalized spacial score (nSPS) is 10.9. The fraction of sp³-hybridized carbons (Fsp3) is 0.500. The number of hydrogen-bond acceptors (Lipinski definition) is 2. The smallest absolute Gasteiger partial charge is 0.0716 e. The first-order valence-electron chi connectivity index (χ1n) is 5.03. The summed E-state index contributed by atoms with van der Waals surface area (Å²) in [4.78, 5) is 0. The van der Waals surface area contributed by atoms with Crippen LogP contribution in [-0.2, 0) is 17.9 Å². The van der Waals surface area contributed by atoms with Gasteiger partial charge in [-0.15, -0.1) is 0 Å². The zero-order valence-electron chi connectivity index (χ0n) is 9.21. The lowest BCUT2D eigenvalue weighted by Crippen LogP contribution is -2.22. The van der Waals surface area contributed by atoms with Crippen LogP contribution in [0.4, 0.5) is 0 Å². The van der Waals surface area contributed by atoms with E-state index in [0.717, 1.165) is 6.54 Å². The van der Waals surface area contributed by atoms with Gasteiger partial charge in [0.05, 0.1) is 6.61 Å². The van der Waals surface area contributed by atoms with Crippen molar-refractivity contribution in [2.45, 2.75) is 33.0 Å². The van der Waals surface area contributed by atoms with Crippen molar-refractivity contribution in [3.8, 4) is 0 Å². The molecule has 0 saturated heterocycles. The van der Waals surface area contributed by atoms with Crippen LogP contribution in [0.2, 0.25) is 0 Å². The van der Waals surface area contributed by atoms with Crippen LogP contribution >= 0.6 is 0 Å². The maximum atomic E-state index is 5.15. The van der Waals surface area contributed by atoms with Crippen LogP contribution in [0.3, 0.4) is 0 Å². The van der Waals surface area contributed by atoms with E-state index in [1.807, 2.05) is 6.07 Å². The molecule has 0 aliphatic heterocycles. The SMILES string of the molecule is COCc1ccccc1CNC(C)C. The Morgan fingerprint density at radius 1 is 1.21 bits per heavy atom. The van der Waals surface area contributed by atoms with E-state index in [4.69, 9.17) is 4.74 Å². The van der Waals surface area contributed by atoms with Crippen LogP contribution in [0.15, 0.2) is 24.3 Å². The van der Waals surface area contributed by atoms with Crippen molar-refractivity contribution < 1.29 is 4.74 Å². The second-order valence-electron chi connectivity index (χ2n) is 3.74. The summed E-state index contributed by atoms with van der Waals surface area (Å²) >= 11 is 0. The molecule has 0 spiro atoms. The standard InChI is InChI=1S/C12H19NO/c1-10(2)13-8-11-6-4-5-7-12(11)9-14-3/h4-7,10,13H,8-9H2,1-3H3. The highest BCUT2D eigenvalue weighted by molar-refractivity contribution is 5.26. The Bertz CT molecular complexity index is 271. The van der Waals surface area contributed by atoms with Crippen LogP contribution in [0.1, 0.15) is 25.0 Å². The summed E-state index contributed by atoms with van der Waals surface area (Å²) in [5, 5.41) is 3.41. The van der Waals surface area contributed by atoms with Crippen molar-refractivity contribution in [1.82, 2.24) is 5.32 Å². The fourth-order valence-electron chi connectivity index (χ4n) is 1.34. The van der Waals surface area contributed by atoms with Gasteiger partial charge in [-0.2, -0.15) is 0 Å². The second kappa shape index (κ2) is 5.78. The molecule has 2 nitrogen and oxygen atoms in total. The minimum Gasteiger partial charge on any atom is -0.380 e. The number of rotatable bonds is 5. The lowest BCUT2D eigenvalue weighted by Gasteiger charge is -2.11. The molecule has 2 heteroatoms. The molecule has 0 heterocycles. The Morgan fingerprint density at radius 3 is 2.43 bits per heavy atom. The third-order valence-electron chi connectivity index (χ3n) is 2.12. The molecule has 14 heavy (non-hydrogen) atoms. The summed E-state index contributed by atoms with van der Waals surface area (Å²) in [5.74, 6) is 0. The molecule has 0 aromatic heterocycles. The first-order chi connectivity index (χ1) is 6.74. The molecule has 1 aromatic carbocycles. The van der Waals surface area contributed by atoms with E-state index < -0.39 is 0 Å². The molecule has 1 rings (SSSR count). The predicted octanol–water partition coefficient (Wildman–Crippen LogP) is 2.33. The molecule has 78 valence electrons. The highest BCUT2D eigenvalue weighted by atomic mass is 16.5. The van der Waals surface area contributed by atoms with Gasteiger partial charge in [-0.25, -0.2) is 0 Å². The number of ether oxygens (including phenoxy) is 1. The molecule has 0 aliphatic rings. The maximum absolute atomic E-state index is 5.15. The first-order valence-corrected chi connectivity index (χ1v) is 5.03. The third kappa shape index (κ3) is 3.48. The van der Waals surface area contributed by atoms with Crippen molar-refractivity contribution in [2.24, 2.45) is 0 Å². The summed E-state index contributed by atoms with van der Waals surface area (Å²) in [6.45, 7) is 5.91. The van der Waals surface area contributed by atoms with Crippen LogP contribution < -0.4 is 5.32 Å². The monoisotopic (exact) mass is 193 g/mol. The van der Waals surface area contributed by atoms with Gasteiger partial charge in [0.1, 0.15) is 0 Å². The van der Waals surface area contributed by atoms with Crippen LogP contribution in [0.25, 0.3) is 0 Å². The van der Waals surface area contributed by atoms with E-state index in [1.54, 1.807) is 7.11 Å². The average molecular weight is 193 g/mol. The second-order valence-corrected chi connectivity index (χ2v) is 3.74. The highest BCUT2D eigenvalue weighted by Crippen LogP contribution is 2.09. The van der Waals surface area contributed by atoms with Crippen molar-refractivity contribution in [1.29, 1.82) is 0 Å². The average Bonchev–Trinajstić information content (AvgIpc) is 2.17. The van der Waals surface area contributed by atoms with Gasteiger partial charge in [0.25, 0.3) is 0 Å². The molecule has 0 unspecified atom stereocenters. The number of hydrogen-bond donors (Lipinski definition) is 1. The lowest BCUT2D eigenvalue weighted by atomic mass is 10.1. The van der Waals surface area contributed by atoms with Crippen molar-refractivity contribution in [3.05, 3.63) is 35.4 Å². The summed E-state index contributed by atoms with van der Waals surface area (Å²) in [7, 11) is 1.73. The quantitative estimate of drug-likeness (QED) is 0.775. The van der Waals surface area contributed by atoms with Crippen molar-refractivity contribution >= 4 is 0 Å². The number of methoxy groups -OCH3 is 1. The molecule has 0 amide bonds. The summed E-state index contributed by atoms with van der Waals surface area (Å²) in [5.41, 5.74) is 2.59. The molecule has 1 N–H and O–H groups in total. The first kappa shape index (κ1) is 11.2. The van der Waals surface area contributed by atoms with E-state index in [0.29, 0.717) is 12.6 Å². The van der Waals surface area contributed by atoms with Gasteiger partial charge < -0.3 is 10.1 Å². The topological polar surface area (TPSA) is 21.3 Å². The van der Waals surface area contributed by atoms with Gasteiger partial charge in [-0.05, 0) is 11.1 Å². The van der Waals surface area contributed by atoms with E-state index in [1.165, 1.54) is 11.1 Å². The van der Waals surface area contributed by atoms with Crippen LogP contribution in [0.5, 0.6) is 0 Å². The number of nitrogens with one attached hydrogen (secondary N) is 1. The molecule has 0 radical (unpaired) electrons. The maximum Gasteiger partial charge on any atom is 0.0716 e. The fourth-order valence-corrected chi connectivity index (χ4v) is 1.34. The number of benzene rings is 1. The Morgan fingerprint density at radius 2 is 1.86 bits per heavy atom. The Hall–Kier alpha value is -0.860. The Labute approximate surface area is 86.3 Å². The lowest BCUT2D eigenvalue weighted by molar-refractivity contribution is 0.184. The minimum atomic E-state index is 0.519. The van der Waals surface area contributed by atoms with E-state index in [9.17, 15) is 0 Å². The van der Waals surface area contributed by atoms with Gasteiger partial charge in [-0.1, -0.05) is 38.1 Å². The molecule has 1 aromatic rings. The minimum absolute atomic E-state index is 0.519. The van der Waals surface area contributed by atoms with Crippen molar-refractivity contribution in [3.63, 3.8) is 0 Å². The zero-order chi connectivity index (χ0) is 10.4. The Kier molecular flexibility index (Phi) is 4.63. The summed E-state index contributed by atoms with van der Waals surface area (Å²) in [6.07, 6.45) is 0. The molecule has 0 aliphatic carbocycles. The van der Waals surface area contributed by atoms with E-state index in [-0.39, 0.29) is 0 Å². The molecule has 0 fully saturated rings. The van der Waals surface area contributed by atoms with Gasteiger partial charge in [0, 0.05) is 19.7 Å². The summed E-state index contributed by atoms with van der Waals surface area (Å²) < 4.78 is 5.15. The van der Waals surface area contributed by atoms with Gasteiger partial charge >= 0.3 is 0 Å². The largest absolute Gasteiger partial charge is 0.380 e. The van der Waals surface area contributed by atoms with Crippen LogP contribution in [-0.4, -0.2) is 13.2 Å². The molecular formula is C12H19NO. The predicted molar refractivity (Wildman–Crippen MR) is 59.1 cm³/mol. The van der Waals surface area contributed by atoms with Crippen molar-refractivity contribution in [2.75, 3.05) is 7.11 Å². The Balaban J connectivity index is 2.64. The summed E-state index contributed by atoms with van der Waals surface area (Å²) in [6, 6.07) is 8.89. The molecular weight excluding hydrogens is 174 g/mol. The van der Waals surface area contributed by atoms with E-state index in [2.05, 4.69) is 37.4 Å². The zero-order valence-corrected chi connectivity index (χ0v) is 9.21. The van der Waals surface area contributed by atoms with Gasteiger partial charge in [-0.3, -0.25) is 0 Å².